The monoisotopic (exact) mass is 292 g/mol. The van der Waals surface area contributed by atoms with Gasteiger partial charge in [0.05, 0.1) is 7.11 Å². The first-order valence-electron chi connectivity index (χ1n) is 6.02. The SMILES string of the molecule is COc1ccccc1SCc1ccc(F)c(B(O)O)c1. The van der Waals surface area contributed by atoms with Crippen LogP contribution >= 0.6 is 11.8 Å². The number of methoxy groups -OCH3 is 1. The second kappa shape index (κ2) is 6.79. The zero-order chi connectivity index (χ0) is 14.5. The Labute approximate surface area is 121 Å². The van der Waals surface area contributed by atoms with Gasteiger partial charge in [-0.1, -0.05) is 24.3 Å². The van der Waals surface area contributed by atoms with Crippen molar-refractivity contribution in [3.05, 3.63) is 53.8 Å². The lowest BCUT2D eigenvalue weighted by molar-refractivity contribution is 0.405. The van der Waals surface area contributed by atoms with Crippen molar-refractivity contribution < 1.29 is 19.2 Å². The van der Waals surface area contributed by atoms with Gasteiger partial charge < -0.3 is 14.8 Å². The average Bonchev–Trinajstić information content (AvgIpc) is 2.46. The van der Waals surface area contributed by atoms with Crippen molar-refractivity contribution in [1.29, 1.82) is 0 Å². The molecule has 0 atom stereocenters. The normalized spacial score (nSPS) is 10.4. The van der Waals surface area contributed by atoms with E-state index in [0.717, 1.165) is 16.2 Å². The number of halogens is 1. The number of thioether (sulfide) groups is 1. The maximum absolute atomic E-state index is 13.4. The Bertz CT molecular complexity index is 592. The van der Waals surface area contributed by atoms with Crippen molar-refractivity contribution in [1.82, 2.24) is 0 Å². The van der Waals surface area contributed by atoms with Gasteiger partial charge in [-0.05, 0) is 23.8 Å². The Kier molecular flexibility index (Phi) is 5.06. The van der Waals surface area contributed by atoms with Crippen molar-refractivity contribution >= 4 is 24.3 Å². The quantitative estimate of drug-likeness (QED) is 0.652. The van der Waals surface area contributed by atoms with Crippen molar-refractivity contribution in [2.24, 2.45) is 0 Å². The molecule has 6 heteroatoms. The van der Waals surface area contributed by atoms with Crippen molar-refractivity contribution in [3.63, 3.8) is 0 Å². The number of ether oxygens (including phenoxy) is 1. The van der Waals surface area contributed by atoms with Crippen LogP contribution in [0.4, 0.5) is 4.39 Å². The van der Waals surface area contributed by atoms with Gasteiger partial charge in [0, 0.05) is 16.1 Å². The summed E-state index contributed by atoms with van der Waals surface area (Å²) in [7, 11) is -0.191. The van der Waals surface area contributed by atoms with Gasteiger partial charge in [0.25, 0.3) is 0 Å². The van der Waals surface area contributed by atoms with Gasteiger partial charge in [0.2, 0.25) is 0 Å². The molecule has 0 aromatic heterocycles. The molecular formula is C14H14BFO3S. The minimum Gasteiger partial charge on any atom is -0.496 e. The third-order valence-electron chi connectivity index (χ3n) is 2.80. The highest BCUT2D eigenvalue weighted by molar-refractivity contribution is 7.98. The number of benzene rings is 2. The van der Waals surface area contributed by atoms with Crippen LogP contribution in [0, 0.1) is 5.82 Å². The van der Waals surface area contributed by atoms with Gasteiger partial charge in [-0.25, -0.2) is 4.39 Å². The number of para-hydroxylation sites is 1. The van der Waals surface area contributed by atoms with Crippen LogP contribution in [0.3, 0.4) is 0 Å². The molecule has 2 rings (SSSR count). The van der Waals surface area contributed by atoms with E-state index in [1.54, 1.807) is 24.9 Å². The van der Waals surface area contributed by atoms with Gasteiger partial charge in [-0.15, -0.1) is 11.8 Å². The van der Waals surface area contributed by atoms with Gasteiger partial charge in [-0.3, -0.25) is 0 Å². The second-order valence-electron chi connectivity index (χ2n) is 4.17. The molecule has 0 spiro atoms. The standard InChI is InChI=1S/C14H14BFO3S/c1-19-13-4-2-3-5-14(13)20-9-10-6-7-12(16)11(8-10)15(17)18/h2-8,17-18H,9H2,1H3. The summed E-state index contributed by atoms with van der Waals surface area (Å²) < 4.78 is 18.6. The third kappa shape index (κ3) is 3.53. The summed E-state index contributed by atoms with van der Waals surface area (Å²) in [5.74, 6) is 0.744. The maximum atomic E-state index is 13.4. The lowest BCUT2D eigenvalue weighted by Gasteiger charge is -2.09. The Morgan fingerprint density at radius 2 is 1.95 bits per heavy atom. The second-order valence-corrected chi connectivity index (χ2v) is 5.19. The van der Waals surface area contributed by atoms with E-state index >= 15 is 0 Å². The molecule has 0 bridgehead atoms. The summed E-state index contributed by atoms with van der Waals surface area (Å²) in [6.07, 6.45) is 0. The summed E-state index contributed by atoms with van der Waals surface area (Å²) >= 11 is 1.54. The van der Waals surface area contributed by atoms with Crippen LogP contribution in [0.25, 0.3) is 0 Å². The van der Waals surface area contributed by atoms with Gasteiger partial charge in [0.15, 0.2) is 0 Å². The topological polar surface area (TPSA) is 49.7 Å². The Hall–Kier alpha value is -1.50. The maximum Gasteiger partial charge on any atom is 0.491 e. The van der Waals surface area contributed by atoms with Crippen molar-refractivity contribution in [2.75, 3.05) is 7.11 Å². The largest absolute Gasteiger partial charge is 0.496 e. The predicted molar refractivity (Wildman–Crippen MR) is 78.8 cm³/mol. The molecule has 0 amide bonds. The fourth-order valence-electron chi connectivity index (χ4n) is 1.78. The first-order valence-corrected chi connectivity index (χ1v) is 7.00. The molecule has 0 aliphatic carbocycles. The molecule has 0 heterocycles. The first-order chi connectivity index (χ1) is 9.61. The van der Waals surface area contributed by atoms with E-state index in [-0.39, 0.29) is 5.46 Å². The molecule has 20 heavy (non-hydrogen) atoms. The molecule has 104 valence electrons. The summed E-state index contributed by atoms with van der Waals surface area (Å²) in [6.45, 7) is 0. The molecule has 0 radical (unpaired) electrons. The third-order valence-corrected chi connectivity index (χ3v) is 3.93. The molecule has 0 unspecified atom stereocenters. The smallest absolute Gasteiger partial charge is 0.491 e. The molecule has 0 aliphatic heterocycles. The lowest BCUT2D eigenvalue weighted by Crippen LogP contribution is -2.33. The van der Waals surface area contributed by atoms with E-state index in [4.69, 9.17) is 14.8 Å². The molecule has 3 nitrogen and oxygen atoms in total. The minimum absolute atomic E-state index is 0.108. The fourth-order valence-corrected chi connectivity index (χ4v) is 2.75. The molecule has 0 saturated carbocycles. The average molecular weight is 292 g/mol. The molecule has 0 saturated heterocycles. The van der Waals surface area contributed by atoms with Crippen LogP contribution < -0.4 is 10.2 Å². The van der Waals surface area contributed by atoms with Crippen LogP contribution in [0.15, 0.2) is 47.4 Å². The number of hydrogen-bond donors (Lipinski definition) is 2. The summed E-state index contributed by atoms with van der Waals surface area (Å²) in [6, 6.07) is 11.9. The van der Waals surface area contributed by atoms with Crippen LogP contribution in [0.5, 0.6) is 5.75 Å². The number of hydrogen-bond acceptors (Lipinski definition) is 4. The van der Waals surface area contributed by atoms with Gasteiger partial charge in [-0.2, -0.15) is 0 Å². The van der Waals surface area contributed by atoms with Crippen molar-refractivity contribution in [2.45, 2.75) is 10.6 Å². The van der Waals surface area contributed by atoms with E-state index in [9.17, 15) is 4.39 Å². The van der Waals surface area contributed by atoms with E-state index in [0.29, 0.717) is 5.75 Å². The highest BCUT2D eigenvalue weighted by atomic mass is 32.2. The zero-order valence-corrected chi connectivity index (χ0v) is 11.7. The predicted octanol–water partition coefficient (Wildman–Crippen LogP) is 1.81. The Balaban J connectivity index is 2.13. The number of rotatable bonds is 5. The Morgan fingerprint density at radius 1 is 1.20 bits per heavy atom. The Morgan fingerprint density at radius 3 is 2.65 bits per heavy atom. The van der Waals surface area contributed by atoms with Crippen LogP contribution in [0.1, 0.15) is 5.56 Å². The van der Waals surface area contributed by atoms with E-state index in [1.807, 2.05) is 24.3 Å². The molecule has 2 N–H and O–H groups in total. The zero-order valence-electron chi connectivity index (χ0n) is 10.9. The summed E-state index contributed by atoms with van der Waals surface area (Å²) in [4.78, 5) is 0.977. The lowest BCUT2D eigenvalue weighted by atomic mass is 9.79. The summed E-state index contributed by atoms with van der Waals surface area (Å²) in [5.41, 5.74) is 0.702. The molecule has 2 aromatic rings. The van der Waals surface area contributed by atoms with Crippen LogP contribution in [-0.2, 0) is 5.75 Å². The van der Waals surface area contributed by atoms with Crippen LogP contribution in [-0.4, -0.2) is 24.3 Å². The molecule has 2 aromatic carbocycles. The molecule has 0 aliphatic rings. The molecular weight excluding hydrogens is 278 g/mol. The van der Waals surface area contributed by atoms with E-state index in [2.05, 4.69) is 0 Å². The minimum atomic E-state index is -1.80. The highest BCUT2D eigenvalue weighted by Gasteiger charge is 2.16. The fraction of sp³-hybridized carbons (Fsp3) is 0.143. The summed E-state index contributed by atoms with van der Waals surface area (Å²) in [5, 5.41) is 18.2. The van der Waals surface area contributed by atoms with Crippen molar-refractivity contribution in [3.8, 4) is 5.75 Å². The van der Waals surface area contributed by atoms with E-state index < -0.39 is 12.9 Å². The highest BCUT2D eigenvalue weighted by Crippen LogP contribution is 2.31. The van der Waals surface area contributed by atoms with E-state index in [1.165, 1.54) is 12.1 Å². The van der Waals surface area contributed by atoms with Crippen LogP contribution in [0.2, 0.25) is 0 Å². The van der Waals surface area contributed by atoms with Gasteiger partial charge in [0.1, 0.15) is 11.6 Å². The first kappa shape index (κ1) is 14.9. The van der Waals surface area contributed by atoms with Gasteiger partial charge >= 0.3 is 7.12 Å². The molecule has 0 fully saturated rings.